The second-order valence-electron chi connectivity index (χ2n) is 10.0. The summed E-state index contributed by atoms with van der Waals surface area (Å²) in [6.45, 7) is 7.64. The summed E-state index contributed by atoms with van der Waals surface area (Å²) in [4.78, 5) is 0. The van der Waals surface area contributed by atoms with Crippen molar-refractivity contribution >= 4 is 11.8 Å². The van der Waals surface area contributed by atoms with E-state index in [0.29, 0.717) is 12.5 Å². The summed E-state index contributed by atoms with van der Waals surface area (Å²) < 4.78 is 0. The zero-order chi connectivity index (χ0) is 21.3. The molecule has 0 radical (unpaired) electrons. The first-order valence-electron chi connectivity index (χ1n) is 12.3. The lowest BCUT2D eigenvalue weighted by molar-refractivity contribution is 0.281. The Kier molecular flexibility index (Phi) is 9.80. The second-order valence-corrected chi connectivity index (χ2v) is 11.2. The number of unbranched alkanes of at least 4 members (excludes halogenated alkanes) is 1. The molecular formula is C27H43NOS. The third kappa shape index (κ3) is 7.14. The third-order valence-electron chi connectivity index (χ3n) is 7.25. The maximum absolute atomic E-state index is 9.03. The van der Waals surface area contributed by atoms with Crippen LogP contribution in [0.15, 0.2) is 30.4 Å². The average Bonchev–Trinajstić information content (AvgIpc) is 2.73. The Labute approximate surface area is 189 Å². The van der Waals surface area contributed by atoms with Gasteiger partial charge in [0.05, 0.1) is 0 Å². The molecule has 2 aliphatic rings. The van der Waals surface area contributed by atoms with Gasteiger partial charge in [-0.05, 0) is 116 Å². The monoisotopic (exact) mass is 429 g/mol. The number of allylic oxidation sites excluding steroid dienone is 1. The number of benzene rings is 1. The fourth-order valence-electron chi connectivity index (χ4n) is 5.61. The van der Waals surface area contributed by atoms with Gasteiger partial charge in [0.15, 0.2) is 0 Å². The van der Waals surface area contributed by atoms with Crippen molar-refractivity contribution in [3.8, 4) is 0 Å². The zero-order valence-corrected chi connectivity index (χ0v) is 19.9. The van der Waals surface area contributed by atoms with Crippen LogP contribution >= 0.6 is 11.8 Å². The highest BCUT2D eigenvalue weighted by Gasteiger charge is 2.22. The number of nitrogens with two attached hydrogens (primary N) is 1. The van der Waals surface area contributed by atoms with Gasteiger partial charge in [-0.2, -0.15) is 11.8 Å². The van der Waals surface area contributed by atoms with E-state index in [2.05, 4.69) is 43.5 Å². The standard InChI is InChI=1S/C27H43NOS/c1-20-13-21(2)15-22(14-20)10-12-30-19-23-6-7-25-17-26(9-8-24(25)16-23)27(18-28)5-3-4-11-29/h8-9,17,21-23,27,29H,1,3-7,10-16,18-19,28H2,2H3/t21?,22?,23-,27+/m1/s1. The van der Waals surface area contributed by atoms with Crippen LogP contribution in [0.2, 0.25) is 0 Å². The van der Waals surface area contributed by atoms with Gasteiger partial charge in [0, 0.05) is 6.61 Å². The average molecular weight is 430 g/mol. The van der Waals surface area contributed by atoms with Gasteiger partial charge in [0.25, 0.3) is 0 Å². The second kappa shape index (κ2) is 12.3. The minimum atomic E-state index is 0.288. The molecule has 3 rings (SSSR count). The molecule has 2 aliphatic carbocycles. The van der Waals surface area contributed by atoms with Crippen LogP contribution in [-0.4, -0.2) is 29.8 Å². The number of hydrogen-bond donors (Lipinski definition) is 2. The number of hydrogen-bond acceptors (Lipinski definition) is 3. The number of aliphatic hydroxyl groups is 1. The van der Waals surface area contributed by atoms with Crippen molar-refractivity contribution in [3.63, 3.8) is 0 Å². The summed E-state index contributed by atoms with van der Waals surface area (Å²) in [5.74, 6) is 5.63. The molecule has 0 aliphatic heterocycles. The Hall–Kier alpha value is -0.770. The van der Waals surface area contributed by atoms with Crippen LogP contribution < -0.4 is 5.73 Å². The lowest BCUT2D eigenvalue weighted by Gasteiger charge is -2.29. The molecule has 1 fully saturated rings. The van der Waals surface area contributed by atoms with Crippen LogP contribution in [0.5, 0.6) is 0 Å². The first-order chi connectivity index (χ1) is 14.6. The third-order valence-corrected chi connectivity index (χ3v) is 8.48. The smallest absolute Gasteiger partial charge is 0.0431 e. The van der Waals surface area contributed by atoms with Crippen molar-refractivity contribution in [1.82, 2.24) is 0 Å². The van der Waals surface area contributed by atoms with Gasteiger partial charge in [0.2, 0.25) is 0 Å². The first kappa shape index (κ1) is 23.9. The Morgan fingerprint density at radius 1 is 1.17 bits per heavy atom. The van der Waals surface area contributed by atoms with E-state index in [9.17, 15) is 0 Å². The van der Waals surface area contributed by atoms with Gasteiger partial charge in [-0.15, -0.1) is 0 Å². The molecular weight excluding hydrogens is 386 g/mol. The number of fused-ring (bicyclic) bond motifs is 1. The van der Waals surface area contributed by atoms with Crippen LogP contribution in [0.25, 0.3) is 0 Å². The Morgan fingerprint density at radius 2 is 2.03 bits per heavy atom. The van der Waals surface area contributed by atoms with E-state index in [4.69, 9.17) is 10.8 Å². The highest BCUT2D eigenvalue weighted by molar-refractivity contribution is 7.99. The van der Waals surface area contributed by atoms with Crippen LogP contribution in [0.4, 0.5) is 0 Å². The van der Waals surface area contributed by atoms with Gasteiger partial charge in [-0.25, -0.2) is 0 Å². The lowest BCUT2D eigenvalue weighted by Crippen LogP contribution is -2.19. The summed E-state index contributed by atoms with van der Waals surface area (Å²) in [6.07, 6.45) is 12.1. The fourth-order valence-corrected chi connectivity index (χ4v) is 6.89. The van der Waals surface area contributed by atoms with E-state index in [1.54, 1.807) is 11.1 Å². The van der Waals surface area contributed by atoms with Crippen molar-refractivity contribution in [2.75, 3.05) is 24.7 Å². The van der Waals surface area contributed by atoms with Crippen LogP contribution in [0.3, 0.4) is 0 Å². The quantitative estimate of drug-likeness (QED) is 0.329. The molecule has 4 atom stereocenters. The number of thioether (sulfide) groups is 1. The van der Waals surface area contributed by atoms with Crippen molar-refractivity contribution in [2.45, 2.75) is 77.0 Å². The molecule has 1 saturated carbocycles. The molecule has 3 N–H and O–H groups in total. The van der Waals surface area contributed by atoms with Gasteiger partial charge >= 0.3 is 0 Å². The molecule has 2 nitrogen and oxygen atoms in total. The summed E-state index contributed by atoms with van der Waals surface area (Å²) in [5, 5.41) is 9.03. The normalized spacial score (nSPS) is 25.2. The van der Waals surface area contributed by atoms with E-state index in [0.717, 1.165) is 37.0 Å². The first-order valence-corrected chi connectivity index (χ1v) is 13.4. The largest absolute Gasteiger partial charge is 0.396 e. The molecule has 0 amide bonds. The minimum absolute atomic E-state index is 0.288. The van der Waals surface area contributed by atoms with E-state index >= 15 is 0 Å². The molecule has 0 heterocycles. The zero-order valence-electron chi connectivity index (χ0n) is 19.1. The molecule has 1 aromatic carbocycles. The summed E-state index contributed by atoms with van der Waals surface area (Å²) in [7, 11) is 0. The molecule has 0 saturated heterocycles. The molecule has 1 aromatic rings. The molecule has 2 unspecified atom stereocenters. The van der Waals surface area contributed by atoms with E-state index < -0.39 is 0 Å². The summed E-state index contributed by atoms with van der Waals surface area (Å²) >= 11 is 2.19. The molecule has 0 spiro atoms. The fraction of sp³-hybridized carbons (Fsp3) is 0.704. The highest BCUT2D eigenvalue weighted by Crippen LogP contribution is 2.35. The topological polar surface area (TPSA) is 46.2 Å². The van der Waals surface area contributed by atoms with Crippen molar-refractivity contribution in [2.24, 2.45) is 23.5 Å². The number of aliphatic hydroxyl groups excluding tert-OH is 1. The van der Waals surface area contributed by atoms with Gasteiger partial charge in [-0.3, -0.25) is 0 Å². The predicted molar refractivity (Wildman–Crippen MR) is 132 cm³/mol. The maximum atomic E-state index is 9.03. The Bertz CT molecular complexity index is 673. The number of rotatable bonds is 11. The molecule has 3 heteroatoms. The molecule has 0 bridgehead atoms. The molecule has 0 aromatic heterocycles. The van der Waals surface area contributed by atoms with E-state index in [1.807, 2.05) is 0 Å². The maximum Gasteiger partial charge on any atom is 0.0431 e. The Balaban J connectivity index is 1.42. The van der Waals surface area contributed by atoms with Crippen molar-refractivity contribution in [3.05, 3.63) is 47.0 Å². The minimum Gasteiger partial charge on any atom is -0.396 e. The predicted octanol–water partition coefficient (Wildman–Crippen LogP) is 6.11. The van der Waals surface area contributed by atoms with E-state index in [-0.39, 0.29) is 6.61 Å². The van der Waals surface area contributed by atoms with Gasteiger partial charge in [0.1, 0.15) is 0 Å². The van der Waals surface area contributed by atoms with Gasteiger partial charge in [-0.1, -0.05) is 43.7 Å². The van der Waals surface area contributed by atoms with Crippen molar-refractivity contribution < 1.29 is 5.11 Å². The molecule has 30 heavy (non-hydrogen) atoms. The van der Waals surface area contributed by atoms with Crippen molar-refractivity contribution in [1.29, 1.82) is 0 Å². The highest BCUT2D eigenvalue weighted by atomic mass is 32.2. The lowest BCUT2D eigenvalue weighted by atomic mass is 9.79. The molecule has 168 valence electrons. The Morgan fingerprint density at radius 3 is 2.80 bits per heavy atom. The van der Waals surface area contributed by atoms with Crippen LogP contribution in [0.1, 0.15) is 80.9 Å². The van der Waals surface area contributed by atoms with Crippen LogP contribution in [-0.2, 0) is 12.8 Å². The number of aryl methyl sites for hydroxylation is 1. The van der Waals surface area contributed by atoms with E-state index in [1.165, 1.54) is 67.6 Å². The summed E-state index contributed by atoms with van der Waals surface area (Å²) in [6, 6.07) is 7.14. The van der Waals surface area contributed by atoms with Gasteiger partial charge < -0.3 is 10.8 Å². The summed E-state index contributed by atoms with van der Waals surface area (Å²) in [5.41, 5.74) is 12.1. The van der Waals surface area contributed by atoms with Crippen LogP contribution in [0, 0.1) is 17.8 Å². The SMILES string of the molecule is C=C1CC(C)CC(CCSC[C@@H]2CCc3cc([C@H](CN)CCCCO)ccc3C2)C1.